The van der Waals surface area contributed by atoms with Crippen molar-refractivity contribution in [2.24, 2.45) is 5.92 Å². The summed E-state index contributed by atoms with van der Waals surface area (Å²) in [6, 6.07) is 1.26. The van der Waals surface area contributed by atoms with E-state index in [1.54, 1.807) is 0 Å². The van der Waals surface area contributed by atoms with E-state index in [9.17, 15) is 23.5 Å². The zero-order valence-electron chi connectivity index (χ0n) is 14.3. The predicted molar refractivity (Wildman–Crippen MR) is 84.5 cm³/mol. The number of halogens is 2. The zero-order valence-corrected chi connectivity index (χ0v) is 14.3. The molecule has 0 aliphatic heterocycles. The maximum Gasteiger partial charge on any atom is 0.387 e. The van der Waals surface area contributed by atoms with Crippen LogP contribution in [0.25, 0.3) is 0 Å². The molecule has 7 nitrogen and oxygen atoms in total. The molecule has 1 aromatic carbocycles. The van der Waals surface area contributed by atoms with E-state index in [0.717, 1.165) is 0 Å². The predicted octanol–water partition coefficient (Wildman–Crippen LogP) is 2.53. The van der Waals surface area contributed by atoms with Crippen LogP contribution in [0.1, 0.15) is 30.6 Å². The molecule has 1 amide bonds. The van der Waals surface area contributed by atoms with Gasteiger partial charge in [-0.05, 0) is 24.5 Å². The van der Waals surface area contributed by atoms with E-state index in [1.165, 1.54) is 26.4 Å². The number of alkyl halides is 2. The number of rotatable bonds is 9. The van der Waals surface area contributed by atoms with Gasteiger partial charge in [0.25, 0.3) is 5.91 Å². The van der Waals surface area contributed by atoms with Crippen LogP contribution in [0.4, 0.5) is 8.78 Å². The fourth-order valence-electron chi connectivity index (χ4n) is 2.15. The number of benzene rings is 1. The summed E-state index contributed by atoms with van der Waals surface area (Å²) in [6.07, 6.45) is 0.238. The Labute approximate surface area is 143 Å². The van der Waals surface area contributed by atoms with Crippen molar-refractivity contribution in [3.63, 3.8) is 0 Å². The molecule has 1 aromatic rings. The third-order valence-electron chi connectivity index (χ3n) is 3.24. The molecule has 1 rings (SSSR count). The number of ether oxygens (including phenoxy) is 3. The minimum Gasteiger partial charge on any atom is -0.493 e. The maximum absolute atomic E-state index is 12.5. The number of aliphatic carboxylic acids is 1. The van der Waals surface area contributed by atoms with Crippen molar-refractivity contribution in [3.8, 4) is 17.2 Å². The van der Waals surface area contributed by atoms with Crippen LogP contribution in [-0.4, -0.2) is 43.9 Å². The van der Waals surface area contributed by atoms with Crippen LogP contribution >= 0.6 is 0 Å². The van der Waals surface area contributed by atoms with Gasteiger partial charge in [-0.2, -0.15) is 8.78 Å². The number of nitrogens with one attached hydrogen (secondary N) is 1. The van der Waals surface area contributed by atoms with E-state index in [2.05, 4.69) is 10.1 Å². The Bertz CT molecular complexity index is 596. The van der Waals surface area contributed by atoms with Crippen molar-refractivity contribution in [2.75, 3.05) is 14.2 Å². The molecule has 1 atom stereocenters. The first-order chi connectivity index (χ1) is 11.7. The van der Waals surface area contributed by atoms with Crippen LogP contribution < -0.4 is 19.5 Å². The molecule has 1 unspecified atom stereocenters. The molecule has 140 valence electrons. The summed E-state index contributed by atoms with van der Waals surface area (Å²) in [7, 11) is 2.43. The number of carboxylic acid groups (broad SMARTS) is 1. The Balaban J connectivity index is 3.15. The first-order valence-electron chi connectivity index (χ1n) is 7.44. The van der Waals surface area contributed by atoms with Crippen LogP contribution in [0.2, 0.25) is 0 Å². The van der Waals surface area contributed by atoms with Gasteiger partial charge in [0, 0.05) is 5.56 Å². The molecule has 0 spiro atoms. The monoisotopic (exact) mass is 361 g/mol. The summed E-state index contributed by atoms with van der Waals surface area (Å²) in [5, 5.41) is 11.6. The van der Waals surface area contributed by atoms with Gasteiger partial charge in [0.2, 0.25) is 5.75 Å². The highest BCUT2D eigenvalue weighted by atomic mass is 19.3. The van der Waals surface area contributed by atoms with Crippen molar-refractivity contribution < 1.29 is 37.7 Å². The van der Waals surface area contributed by atoms with Gasteiger partial charge in [0.05, 0.1) is 14.2 Å². The van der Waals surface area contributed by atoms with E-state index in [4.69, 9.17) is 9.47 Å². The van der Waals surface area contributed by atoms with Crippen LogP contribution in [0.15, 0.2) is 12.1 Å². The smallest absolute Gasteiger partial charge is 0.387 e. The van der Waals surface area contributed by atoms with Gasteiger partial charge in [-0.3, -0.25) is 4.79 Å². The maximum atomic E-state index is 12.5. The van der Waals surface area contributed by atoms with Crippen molar-refractivity contribution in [3.05, 3.63) is 17.7 Å². The van der Waals surface area contributed by atoms with Gasteiger partial charge in [-0.25, -0.2) is 4.79 Å². The number of hydrogen-bond donors (Lipinski definition) is 2. The first-order valence-corrected chi connectivity index (χ1v) is 7.44. The molecular formula is C16H21F2NO6. The summed E-state index contributed by atoms with van der Waals surface area (Å²) >= 11 is 0. The molecular weight excluding hydrogens is 340 g/mol. The third-order valence-corrected chi connectivity index (χ3v) is 3.24. The Morgan fingerprint density at radius 2 is 1.68 bits per heavy atom. The standard InChI is InChI=1S/C16H21F2NO6/c1-8(2)5-10(15(21)22)19-14(20)9-6-11(23-3)13(25-16(17)18)12(7-9)24-4/h6-8,10,16H,5H2,1-4H3,(H,19,20)(H,21,22). The van der Waals surface area contributed by atoms with Crippen LogP contribution in [0.3, 0.4) is 0 Å². The second-order valence-electron chi connectivity index (χ2n) is 5.58. The summed E-state index contributed by atoms with van der Waals surface area (Å²) in [4.78, 5) is 23.6. The minimum atomic E-state index is -3.11. The van der Waals surface area contributed by atoms with E-state index in [0.29, 0.717) is 0 Å². The van der Waals surface area contributed by atoms with E-state index in [-0.39, 0.29) is 35.2 Å². The minimum absolute atomic E-state index is 0.00896. The summed E-state index contributed by atoms with van der Waals surface area (Å²) in [5.74, 6) is -2.45. The van der Waals surface area contributed by atoms with E-state index < -0.39 is 24.5 Å². The highest BCUT2D eigenvalue weighted by Crippen LogP contribution is 2.39. The first kappa shape index (κ1) is 20.5. The fraction of sp³-hybridized carbons (Fsp3) is 0.500. The van der Waals surface area contributed by atoms with Crippen LogP contribution in [0.5, 0.6) is 17.2 Å². The third kappa shape index (κ3) is 5.77. The van der Waals surface area contributed by atoms with E-state index in [1.807, 2.05) is 13.8 Å². The second kappa shape index (κ2) is 9.05. The van der Waals surface area contributed by atoms with Gasteiger partial charge >= 0.3 is 12.6 Å². The zero-order chi connectivity index (χ0) is 19.1. The van der Waals surface area contributed by atoms with Crippen LogP contribution in [0, 0.1) is 5.92 Å². The lowest BCUT2D eigenvalue weighted by atomic mass is 10.0. The molecule has 0 radical (unpaired) electrons. The lowest BCUT2D eigenvalue weighted by Gasteiger charge is -2.18. The van der Waals surface area contributed by atoms with Gasteiger partial charge in [-0.1, -0.05) is 13.8 Å². The molecule has 0 aliphatic rings. The SMILES string of the molecule is COc1cc(C(=O)NC(CC(C)C)C(=O)O)cc(OC)c1OC(F)F. The second-order valence-corrected chi connectivity index (χ2v) is 5.58. The summed E-state index contributed by atoms with van der Waals surface area (Å²) in [5.41, 5.74) is -0.00896. The van der Waals surface area contributed by atoms with E-state index >= 15 is 0 Å². The highest BCUT2D eigenvalue weighted by molar-refractivity contribution is 5.97. The van der Waals surface area contributed by atoms with Gasteiger partial charge in [-0.15, -0.1) is 0 Å². The number of hydrogen-bond acceptors (Lipinski definition) is 5. The molecule has 0 aromatic heterocycles. The van der Waals surface area contributed by atoms with Crippen molar-refractivity contribution in [1.82, 2.24) is 5.32 Å². The molecule has 0 aliphatic carbocycles. The number of methoxy groups -OCH3 is 2. The van der Waals surface area contributed by atoms with Crippen molar-refractivity contribution in [1.29, 1.82) is 0 Å². The molecule has 0 saturated heterocycles. The Morgan fingerprint density at radius 3 is 2.04 bits per heavy atom. The van der Waals surface area contributed by atoms with Crippen molar-refractivity contribution in [2.45, 2.75) is 32.9 Å². The van der Waals surface area contributed by atoms with Gasteiger partial charge in [0.15, 0.2) is 11.5 Å². The number of carbonyl (C=O) groups excluding carboxylic acids is 1. The summed E-state index contributed by atoms with van der Waals surface area (Å²) in [6.45, 7) is 0.542. The molecule has 9 heteroatoms. The molecule has 25 heavy (non-hydrogen) atoms. The average molecular weight is 361 g/mol. The fourth-order valence-corrected chi connectivity index (χ4v) is 2.15. The highest BCUT2D eigenvalue weighted by Gasteiger charge is 2.24. The van der Waals surface area contributed by atoms with Crippen LogP contribution in [-0.2, 0) is 4.79 Å². The molecule has 0 fully saturated rings. The quantitative estimate of drug-likeness (QED) is 0.702. The number of amides is 1. The Kier molecular flexibility index (Phi) is 7.41. The van der Waals surface area contributed by atoms with Gasteiger partial charge < -0.3 is 24.6 Å². The summed E-state index contributed by atoms with van der Waals surface area (Å²) < 4.78 is 39.3. The normalized spacial score (nSPS) is 12.0. The lowest BCUT2D eigenvalue weighted by molar-refractivity contribution is -0.139. The number of carbonyl (C=O) groups is 2. The lowest BCUT2D eigenvalue weighted by Crippen LogP contribution is -2.41. The molecule has 2 N–H and O–H groups in total. The topological polar surface area (TPSA) is 94.1 Å². The Hall–Kier alpha value is -2.58. The molecule has 0 saturated carbocycles. The Morgan fingerprint density at radius 1 is 1.16 bits per heavy atom. The number of carboxylic acids is 1. The van der Waals surface area contributed by atoms with Crippen molar-refractivity contribution >= 4 is 11.9 Å². The largest absolute Gasteiger partial charge is 0.493 e. The molecule has 0 bridgehead atoms. The van der Waals surface area contributed by atoms with Gasteiger partial charge in [0.1, 0.15) is 6.04 Å². The molecule has 0 heterocycles. The average Bonchev–Trinajstić information content (AvgIpc) is 2.53.